The van der Waals surface area contributed by atoms with Crippen LogP contribution in [0.2, 0.25) is 0 Å². The van der Waals surface area contributed by atoms with Crippen LogP contribution in [0.25, 0.3) is 0 Å². The third-order valence-electron chi connectivity index (χ3n) is 4.54. The highest BCUT2D eigenvalue weighted by molar-refractivity contribution is 5.35. The van der Waals surface area contributed by atoms with Crippen LogP contribution in [-0.4, -0.2) is 13.2 Å². The monoisotopic (exact) mass is 275 g/mol. The topological polar surface area (TPSA) is 21.3 Å². The van der Waals surface area contributed by atoms with Crippen LogP contribution < -0.4 is 10.1 Å². The predicted octanol–water partition coefficient (Wildman–Crippen LogP) is 4.56. The van der Waals surface area contributed by atoms with Gasteiger partial charge >= 0.3 is 0 Å². The third kappa shape index (κ3) is 3.76. The first-order valence-corrected chi connectivity index (χ1v) is 8.03. The number of nitrogens with one attached hydrogen (secondary N) is 1. The molecule has 1 aromatic rings. The van der Waals surface area contributed by atoms with E-state index in [1.165, 1.54) is 24.8 Å². The van der Waals surface area contributed by atoms with Crippen LogP contribution in [0.1, 0.15) is 58.1 Å². The molecule has 1 N–H and O–H groups in total. The lowest BCUT2D eigenvalue weighted by Crippen LogP contribution is -2.38. The van der Waals surface area contributed by atoms with Gasteiger partial charge in [0.25, 0.3) is 0 Å². The van der Waals surface area contributed by atoms with E-state index in [9.17, 15) is 0 Å². The zero-order chi connectivity index (χ0) is 14.5. The molecule has 1 aliphatic carbocycles. The van der Waals surface area contributed by atoms with Crippen LogP contribution in [-0.2, 0) is 0 Å². The number of rotatable bonds is 5. The first-order chi connectivity index (χ1) is 9.63. The Morgan fingerprint density at radius 2 is 1.80 bits per heavy atom. The molecule has 0 aliphatic heterocycles. The minimum atomic E-state index is 0.397. The molecule has 0 radical (unpaired) electrons. The lowest BCUT2D eigenvalue weighted by Gasteiger charge is -2.35. The summed E-state index contributed by atoms with van der Waals surface area (Å²) in [4.78, 5) is 0. The molecule has 20 heavy (non-hydrogen) atoms. The van der Waals surface area contributed by atoms with Gasteiger partial charge in [0.05, 0.1) is 7.11 Å². The second-order valence-corrected chi connectivity index (χ2v) is 6.48. The quantitative estimate of drug-likeness (QED) is 0.850. The summed E-state index contributed by atoms with van der Waals surface area (Å²) in [6.45, 7) is 7.02. The standard InChI is InChI=1S/C18H29NO/c1-5-17(16-8-6-7-9-18(16)20-4)19-15-11-13(2)10-14(3)12-15/h6-9,13-15,17,19H,5,10-12H2,1-4H3. The van der Waals surface area contributed by atoms with E-state index in [-0.39, 0.29) is 0 Å². The van der Waals surface area contributed by atoms with Crippen LogP contribution in [0.3, 0.4) is 0 Å². The minimum absolute atomic E-state index is 0.397. The Morgan fingerprint density at radius 3 is 2.40 bits per heavy atom. The van der Waals surface area contributed by atoms with E-state index in [4.69, 9.17) is 4.74 Å². The average Bonchev–Trinajstić information content (AvgIpc) is 2.43. The summed E-state index contributed by atoms with van der Waals surface area (Å²) >= 11 is 0. The molecule has 3 unspecified atom stereocenters. The molecule has 1 aliphatic rings. The van der Waals surface area contributed by atoms with Crippen LogP contribution >= 0.6 is 0 Å². The second kappa shape index (κ2) is 7.12. The van der Waals surface area contributed by atoms with Gasteiger partial charge < -0.3 is 10.1 Å². The Labute approximate surface area is 123 Å². The Bertz CT molecular complexity index is 408. The van der Waals surface area contributed by atoms with Crippen LogP contribution in [0.15, 0.2) is 24.3 Å². The summed E-state index contributed by atoms with van der Waals surface area (Å²) in [6, 6.07) is 9.44. The normalized spacial score (nSPS) is 28.1. The number of hydrogen-bond donors (Lipinski definition) is 1. The molecule has 0 amide bonds. The van der Waals surface area contributed by atoms with Gasteiger partial charge in [0.2, 0.25) is 0 Å². The van der Waals surface area contributed by atoms with Crippen molar-refractivity contribution in [3.63, 3.8) is 0 Å². The second-order valence-electron chi connectivity index (χ2n) is 6.48. The lowest BCUT2D eigenvalue weighted by molar-refractivity contribution is 0.223. The van der Waals surface area contributed by atoms with E-state index < -0.39 is 0 Å². The molecule has 0 bridgehead atoms. The Hall–Kier alpha value is -1.02. The predicted molar refractivity (Wildman–Crippen MR) is 85.1 cm³/mol. The number of para-hydroxylation sites is 1. The van der Waals surface area contributed by atoms with Gasteiger partial charge in [-0.15, -0.1) is 0 Å². The maximum Gasteiger partial charge on any atom is 0.123 e. The van der Waals surface area contributed by atoms with Crippen molar-refractivity contribution in [3.05, 3.63) is 29.8 Å². The molecule has 0 saturated heterocycles. The van der Waals surface area contributed by atoms with Gasteiger partial charge in [-0.05, 0) is 43.6 Å². The minimum Gasteiger partial charge on any atom is -0.496 e. The Balaban J connectivity index is 2.08. The molecule has 1 fully saturated rings. The first kappa shape index (κ1) is 15.4. The molecule has 112 valence electrons. The van der Waals surface area contributed by atoms with Gasteiger partial charge in [0.15, 0.2) is 0 Å². The number of benzene rings is 1. The van der Waals surface area contributed by atoms with Gasteiger partial charge in [0, 0.05) is 17.6 Å². The van der Waals surface area contributed by atoms with Crippen molar-refractivity contribution in [2.24, 2.45) is 11.8 Å². The molecular formula is C18H29NO. The zero-order valence-electron chi connectivity index (χ0n) is 13.4. The molecule has 2 rings (SSSR count). The van der Waals surface area contributed by atoms with Crippen molar-refractivity contribution < 1.29 is 4.74 Å². The van der Waals surface area contributed by atoms with E-state index in [0.29, 0.717) is 12.1 Å². The molecule has 3 atom stereocenters. The SMILES string of the molecule is CCC(NC1CC(C)CC(C)C1)c1ccccc1OC. The Kier molecular flexibility index (Phi) is 5.47. The number of methoxy groups -OCH3 is 1. The molecule has 0 heterocycles. The van der Waals surface area contributed by atoms with Crippen molar-refractivity contribution in [1.82, 2.24) is 5.32 Å². The number of hydrogen-bond acceptors (Lipinski definition) is 2. The van der Waals surface area contributed by atoms with E-state index in [1.807, 2.05) is 6.07 Å². The summed E-state index contributed by atoms with van der Waals surface area (Å²) in [7, 11) is 1.76. The van der Waals surface area contributed by atoms with E-state index in [1.54, 1.807) is 7.11 Å². The highest BCUT2D eigenvalue weighted by atomic mass is 16.5. The molecule has 2 heteroatoms. The van der Waals surface area contributed by atoms with Crippen LogP contribution in [0, 0.1) is 11.8 Å². The summed E-state index contributed by atoms with van der Waals surface area (Å²) in [5.41, 5.74) is 1.29. The highest BCUT2D eigenvalue weighted by Gasteiger charge is 2.26. The summed E-state index contributed by atoms with van der Waals surface area (Å²) in [6.07, 6.45) is 5.08. The summed E-state index contributed by atoms with van der Waals surface area (Å²) < 4.78 is 5.52. The smallest absolute Gasteiger partial charge is 0.123 e. The largest absolute Gasteiger partial charge is 0.496 e. The van der Waals surface area contributed by atoms with Crippen molar-refractivity contribution in [3.8, 4) is 5.75 Å². The van der Waals surface area contributed by atoms with Crippen LogP contribution in [0.5, 0.6) is 5.75 Å². The van der Waals surface area contributed by atoms with Crippen molar-refractivity contribution in [2.45, 2.75) is 58.5 Å². The van der Waals surface area contributed by atoms with Crippen molar-refractivity contribution >= 4 is 0 Å². The summed E-state index contributed by atoms with van der Waals surface area (Å²) in [5, 5.41) is 3.88. The van der Waals surface area contributed by atoms with Gasteiger partial charge in [-0.2, -0.15) is 0 Å². The molecular weight excluding hydrogens is 246 g/mol. The maximum absolute atomic E-state index is 5.52. The average molecular weight is 275 g/mol. The number of ether oxygens (including phenoxy) is 1. The lowest BCUT2D eigenvalue weighted by atomic mass is 9.80. The Morgan fingerprint density at radius 1 is 1.15 bits per heavy atom. The van der Waals surface area contributed by atoms with E-state index in [2.05, 4.69) is 44.3 Å². The highest BCUT2D eigenvalue weighted by Crippen LogP contribution is 2.32. The molecule has 0 spiro atoms. The van der Waals surface area contributed by atoms with Gasteiger partial charge in [-0.3, -0.25) is 0 Å². The van der Waals surface area contributed by atoms with Crippen LogP contribution in [0.4, 0.5) is 0 Å². The van der Waals surface area contributed by atoms with Crippen molar-refractivity contribution in [1.29, 1.82) is 0 Å². The van der Waals surface area contributed by atoms with Gasteiger partial charge in [-0.25, -0.2) is 0 Å². The van der Waals surface area contributed by atoms with E-state index >= 15 is 0 Å². The molecule has 1 aromatic carbocycles. The zero-order valence-corrected chi connectivity index (χ0v) is 13.4. The first-order valence-electron chi connectivity index (χ1n) is 8.03. The molecule has 2 nitrogen and oxygen atoms in total. The molecule has 0 aromatic heterocycles. The van der Waals surface area contributed by atoms with Crippen molar-refractivity contribution in [2.75, 3.05) is 7.11 Å². The third-order valence-corrected chi connectivity index (χ3v) is 4.54. The molecule has 1 saturated carbocycles. The van der Waals surface area contributed by atoms with E-state index in [0.717, 1.165) is 24.0 Å². The summed E-state index contributed by atoms with van der Waals surface area (Å²) in [5.74, 6) is 2.68. The maximum atomic E-state index is 5.52. The fourth-order valence-corrected chi connectivity index (χ4v) is 3.75. The van der Waals surface area contributed by atoms with Gasteiger partial charge in [-0.1, -0.05) is 39.0 Å². The fourth-order valence-electron chi connectivity index (χ4n) is 3.75. The van der Waals surface area contributed by atoms with Gasteiger partial charge in [0.1, 0.15) is 5.75 Å². The fraction of sp³-hybridized carbons (Fsp3) is 0.667.